The average Bonchev–Trinajstić information content (AvgIpc) is 1.80. The summed E-state index contributed by atoms with van der Waals surface area (Å²) in [6, 6.07) is -0.631. The molecule has 0 radical (unpaired) electrons. The summed E-state index contributed by atoms with van der Waals surface area (Å²) in [7, 11) is 0. The molecule has 0 aromatic carbocycles. The van der Waals surface area contributed by atoms with E-state index >= 15 is 0 Å². The molecule has 0 aliphatic carbocycles. The van der Waals surface area contributed by atoms with Gasteiger partial charge in [0.05, 0.1) is 6.54 Å². The zero-order chi connectivity index (χ0) is 6.85. The SMILES string of the molecule is O=C1[15NH][13C](=O)[15NH]CC1F. The third kappa shape index (κ3) is 1.16. The second-order valence-corrected chi connectivity index (χ2v) is 1.67. The molecule has 0 saturated carbocycles. The van der Waals surface area contributed by atoms with Crippen LogP contribution in [0.3, 0.4) is 0 Å². The van der Waals surface area contributed by atoms with Crippen molar-refractivity contribution in [1.29, 1.82) is 0 Å². The number of rotatable bonds is 0. The number of amides is 3. The highest BCUT2D eigenvalue weighted by Gasteiger charge is 2.24. The molecule has 50 valence electrons. The van der Waals surface area contributed by atoms with Crippen LogP contribution in [0, 0.1) is 0 Å². The van der Waals surface area contributed by atoms with Gasteiger partial charge >= 0.3 is 6.03 Å². The van der Waals surface area contributed by atoms with Crippen molar-refractivity contribution in [3.05, 3.63) is 0 Å². The molecule has 1 fully saturated rings. The van der Waals surface area contributed by atoms with Gasteiger partial charge in [-0.2, -0.15) is 0 Å². The van der Waals surface area contributed by atoms with Crippen LogP contribution >= 0.6 is 0 Å². The van der Waals surface area contributed by atoms with Gasteiger partial charge in [0.2, 0.25) is 0 Å². The first-order chi connectivity index (χ1) is 4.20. The highest BCUT2D eigenvalue weighted by Crippen LogP contribution is 1.92. The van der Waals surface area contributed by atoms with Crippen LogP contribution in [0.25, 0.3) is 0 Å². The van der Waals surface area contributed by atoms with E-state index < -0.39 is 18.1 Å². The number of nitrogens with one attached hydrogen (secondary N) is 2. The maximum atomic E-state index is 12.1. The van der Waals surface area contributed by atoms with Crippen LogP contribution in [0.2, 0.25) is 0 Å². The maximum absolute atomic E-state index is 12.1. The number of carbonyl (C=O) groups excluding carboxylic acids is 2. The molecule has 1 saturated heterocycles. The molecular weight excluding hydrogens is 130 g/mol. The highest BCUT2D eigenvalue weighted by molar-refractivity contribution is 5.99. The number of alkyl halides is 1. The number of hydrogen-bond acceptors (Lipinski definition) is 2. The molecule has 1 unspecified atom stereocenters. The molecule has 3 amide bonds. The minimum Gasteiger partial charge on any atom is -0.334 e. The van der Waals surface area contributed by atoms with Gasteiger partial charge in [-0.15, -0.1) is 0 Å². The van der Waals surface area contributed by atoms with Gasteiger partial charge in [0.25, 0.3) is 5.91 Å². The Balaban J connectivity index is 2.54. The van der Waals surface area contributed by atoms with Crippen molar-refractivity contribution >= 4 is 11.9 Å². The minimum absolute atomic E-state index is 0.218. The molecule has 9 heavy (non-hydrogen) atoms. The predicted octanol–water partition coefficient (Wildman–Crippen LogP) is -0.836. The van der Waals surface area contributed by atoms with Crippen LogP contribution < -0.4 is 10.6 Å². The Labute approximate surface area is 50.4 Å². The minimum atomic E-state index is -1.59. The Morgan fingerprint density at radius 1 is 1.56 bits per heavy atom. The Morgan fingerprint density at radius 2 is 2.22 bits per heavy atom. The van der Waals surface area contributed by atoms with E-state index in [0.29, 0.717) is 0 Å². The molecule has 1 heterocycles. The first-order valence-electron chi connectivity index (χ1n) is 2.43. The molecule has 0 aromatic rings. The van der Waals surface area contributed by atoms with Gasteiger partial charge < -0.3 is 5.32 Å². The van der Waals surface area contributed by atoms with Crippen molar-refractivity contribution in [3.63, 3.8) is 0 Å². The molecule has 4 nitrogen and oxygen atoms in total. The third-order valence-corrected chi connectivity index (χ3v) is 0.963. The standard InChI is InChI=1S/C4H5FN2O2/c5-2-1-6-4(9)7-3(2)8/h2H,1H2,(H2,6,7,8,9)/i4+1,6+1,7+1. The fourth-order valence-corrected chi connectivity index (χ4v) is 0.509. The maximum Gasteiger partial charge on any atom is 0.321 e. The number of hydrogen-bond donors (Lipinski definition) is 2. The Bertz CT molecular complexity index is 159. The van der Waals surface area contributed by atoms with Crippen LogP contribution in [0.4, 0.5) is 9.18 Å². The normalized spacial score (nSPS) is 27.0. The van der Waals surface area contributed by atoms with Crippen molar-refractivity contribution in [2.45, 2.75) is 6.17 Å². The molecule has 1 rings (SSSR count). The summed E-state index contributed by atoms with van der Waals surface area (Å²) < 4.78 is 12.1. The molecule has 5 heteroatoms. The summed E-state index contributed by atoms with van der Waals surface area (Å²) in [4.78, 5) is 20.5. The third-order valence-electron chi connectivity index (χ3n) is 0.963. The van der Waals surface area contributed by atoms with Crippen LogP contribution in [0.1, 0.15) is 0 Å². The van der Waals surface area contributed by atoms with Crippen LogP contribution in [-0.4, -0.2) is 24.7 Å². The van der Waals surface area contributed by atoms with Crippen LogP contribution in [-0.2, 0) is 4.79 Å². The number of urea groups is 1. The highest BCUT2D eigenvalue weighted by atomic mass is 19.1. The van der Waals surface area contributed by atoms with E-state index in [9.17, 15) is 14.0 Å². The first-order valence-corrected chi connectivity index (χ1v) is 2.43. The van der Waals surface area contributed by atoms with Crippen molar-refractivity contribution in [2.75, 3.05) is 6.54 Å². The molecule has 0 spiro atoms. The van der Waals surface area contributed by atoms with Crippen LogP contribution in [0.5, 0.6) is 0 Å². The lowest BCUT2D eigenvalue weighted by atomic mass is 10.4. The smallest absolute Gasteiger partial charge is 0.321 e. The van der Waals surface area contributed by atoms with E-state index in [2.05, 4.69) is 5.32 Å². The number of carbonyl (C=O) groups is 2. The zero-order valence-electron chi connectivity index (χ0n) is 4.48. The molecule has 0 bridgehead atoms. The number of imide groups is 1. The summed E-state index contributed by atoms with van der Waals surface area (Å²) in [6.45, 7) is -0.218. The lowest BCUT2D eigenvalue weighted by molar-refractivity contribution is -0.125. The van der Waals surface area contributed by atoms with Crippen molar-refractivity contribution < 1.29 is 14.0 Å². The van der Waals surface area contributed by atoms with Gasteiger partial charge in [-0.25, -0.2) is 9.18 Å². The topological polar surface area (TPSA) is 58.2 Å². The fourth-order valence-electron chi connectivity index (χ4n) is 0.509. The van der Waals surface area contributed by atoms with E-state index in [4.69, 9.17) is 0 Å². The largest absolute Gasteiger partial charge is 0.334 e. The molecule has 1 atom stereocenters. The Morgan fingerprint density at radius 3 is 2.67 bits per heavy atom. The summed E-state index contributed by atoms with van der Waals surface area (Å²) in [5.41, 5.74) is 0. The van der Waals surface area contributed by atoms with E-state index in [0.717, 1.165) is 0 Å². The lowest BCUT2D eigenvalue weighted by Crippen LogP contribution is -2.53. The monoisotopic (exact) mass is 135 g/mol. The van der Waals surface area contributed by atoms with Gasteiger partial charge in [-0.05, 0) is 0 Å². The summed E-state index contributed by atoms with van der Waals surface area (Å²) in [5, 5.41) is 3.88. The van der Waals surface area contributed by atoms with Crippen LogP contribution in [0.15, 0.2) is 0 Å². The van der Waals surface area contributed by atoms with Gasteiger partial charge in [0.1, 0.15) is 0 Å². The first kappa shape index (κ1) is 6.00. The molecule has 2 N–H and O–H groups in total. The second kappa shape index (κ2) is 2.00. The Kier molecular flexibility index (Phi) is 1.33. The van der Waals surface area contributed by atoms with Gasteiger partial charge in [-0.1, -0.05) is 0 Å². The van der Waals surface area contributed by atoms with E-state index in [1.807, 2.05) is 0 Å². The summed E-state index contributed by atoms with van der Waals surface area (Å²) in [6.07, 6.45) is -1.59. The van der Waals surface area contributed by atoms with E-state index in [1.54, 1.807) is 5.32 Å². The predicted molar refractivity (Wildman–Crippen MR) is 26.4 cm³/mol. The fraction of sp³-hybridized carbons (Fsp3) is 0.500. The van der Waals surface area contributed by atoms with Crippen molar-refractivity contribution in [2.24, 2.45) is 0 Å². The zero-order valence-corrected chi connectivity index (χ0v) is 4.48. The quantitative estimate of drug-likeness (QED) is 0.336. The van der Waals surface area contributed by atoms with E-state index in [1.165, 1.54) is 0 Å². The molecular formula is C4H5FN2O2. The summed E-state index contributed by atoms with van der Waals surface area (Å²) >= 11 is 0. The van der Waals surface area contributed by atoms with Crippen molar-refractivity contribution in [1.82, 2.24) is 10.6 Å². The second-order valence-electron chi connectivity index (χ2n) is 1.67. The molecule has 0 aromatic heterocycles. The summed E-state index contributed by atoms with van der Waals surface area (Å²) in [5.74, 6) is -0.862. The van der Waals surface area contributed by atoms with Gasteiger partial charge in [0.15, 0.2) is 6.17 Å². The number of halogens is 1. The molecule has 1 aliphatic heterocycles. The van der Waals surface area contributed by atoms with Crippen molar-refractivity contribution in [3.8, 4) is 0 Å². The van der Waals surface area contributed by atoms with Gasteiger partial charge in [0, 0.05) is 0 Å². The average molecular weight is 135 g/mol. The van der Waals surface area contributed by atoms with E-state index in [-0.39, 0.29) is 6.54 Å². The van der Waals surface area contributed by atoms with Gasteiger partial charge in [-0.3, -0.25) is 10.1 Å². The molecule has 1 aliphatic rings. The Hall–Kier alpha value is -1.13. The lowest BCUT2D eigenvalue weighted by Gasteiger charge is -2.14.